The van der Waals surface area contributed by atoms with Crippen molar-refractivity contribution in [2.24, 2.45) is 0 Å². The molecule has 0 bridgehead atoms. The van der Waals surface area contributed by atoms with E-state index >= 15 is 13.2 Å². The number of fused-ring (bicyclic) bond motifs is 3. The lowest BCUT2D eigenvalue weighted by atomic mass is 9.95. The Morgan fingerprint density at radius 2 is 1.76 bits per heavy atom. The van der Waals surface area contributed by atoms with E-state index in [1.807, 2.05) is 0 Å². The molecule has 1 aromatic carbocycles. The van der Waals surface area contributed by atoms with Crippen molar-refractivity contribution < 1.29 is 41.4 Å². The first-order valence-corrected chi connectivity index (χ1v) is 19.0. The van der Waals surface area contributed by atoms with Gasteiger partial charge in [-0.1, -0.05) is 11.3 Å². The second-order valence-electron chi connectivity index (χ2n) is 16.4. The molecule has 3 fully saturated rings. The highest BCUT2D eigenvalue weighted by Crippen LogP contribution is 2.42. The summed E-state index contributed by atoms with van der Waals surface area (Å²) in [6.07, 6.45) is 1.41. The number of hydrogen-bond acceptors (Lipinski definition) is 12. The monoisotopic (exact) mass is 788 g/mol. The van der Waals surface area contributed by atoms with Crippen molar-refractivity contribution in [1.82, 2.24) is 29.7 Å². The largest absolute Gasteiger partial charge is 0.461 e. The maximum Gasteiger partial charge on any atom is 0.413 e. The van der Waals surface area contributed by atoms with E-state index in [1.165, 1.54) is 6.20 Å². The van der Waals surface area contributed by atoms with E-state index in [2.05, 4.69) is 25.2 Å². The summed E-state index contributed by atoms with van der Waals surface area (Å²) in [5.41, 5.74) is -3.54. The van der Waals surface area contributed by atoms with E-state index in [-0.39, 0.29) is 57.1 Å². The number of anilines is 2. The molecule has 1 N–H and O–H groups in total. The minimum Gasteiger partial charge on any atom is -0.461 e. The summed E-state index contributed by atoms with van der Waals surface area (Å²) in [5.74, 6) is -2.91. The summed E-state index contributed by atoms with van der Waals surface area (Å²) in [7, 11) is 1.75. The van der Waals surface area contributed by atoms with Crippen LogP contribution in [0.3, 0.4) is 0 Å². The number of aromatic nitrogens is 4. The normalized spacial score (nSPS) is 21.7. The van der Waals surface area contributed by atoms with Crippen LogP contribution in [0.25, 0.3) is 32.4 Å². The molecule has 0 spiro atoms. The number of likely N-dealkylation sites (tertiary alicyclic amines) is 1. The number of alkyl halides is 1. The molecule has 0 aliphatic carbocycles. The predicted octanol–water partition coefficient (Wildman–Crippen LogP) is 7.47. The molecule has 1 unspecified atom stereocenters. The van der Waals surface area contributed by atoms with Crippen LogP contribution in [0, 0.1) is 17.5 Å². The highest BCUT2D eigenvalue weighted by Gasteiger charge is 2.49. The Bertz CT molecular complexity index is 2160. The molecule has 296 valence electrons. The Morgan fingerprint density at radius 3 is 2.49 bits per heavy atom. The lowest BCUT2D eigenvalue weighted by Gasteiger charge is -2.31. The number of pyridine rings is 1. The molecule has 18 heteroatoms. The lowest BCUT2D eigenvalue weighted by molar-refractivity contribution is 0.0292. The van der Waals surface area contributed by atoms with Gasteiger partial charge in [-0.2, -0.15) is 9.97 Å². The number of nitrogens with one attached hydrogen (secondary N) is 1. The summed E-state index contributed by atoms with van der Waals surface area (Å²) in [6.45, 7) is 12.2. The van der Waals surface area contributed by atoms with E-state index in [4.69, 9.17) is 19.2 Å². The van der Waals surface area contributed by atoms with Crippen LogP contribution in [0.5, 0.6) is 6.01 Å². The highest BCUT2D eigenvalue weighted by atomic mass is 32.1. The first kappa shape index (κ1) is 38.7. The van der Waals surface area contributed by atoms with Crippen molar-refractivity contribution in [3.63, 3.8) is 0 Å². The highest BCUT2D eigenvalue weighted by molar-refractivity contribution is 7.22. The molecule has 4 aromatic rings. The number of likely N-dealkylation sites (N-methyl/N-ethyl adjacent to an activating group) is 1. The van der Waals surface area contributed by atoms with Gasteiger partial charge < -0.3 is 24.0 Å². The van der Waals surface area contributed by atoms with Gasteiger partial charge in [0.1, 0.15) is 52.6 Å². The van der Waals surface area contributed by atoms with Crippen LogP contribution in [0.2, 0.25) is 0 Å². The Balaban J connectivity index is 1.29. The quantitative estimate of drug-likeness (QED) is 0.187. The van der Waals surface area contributed by atoms with Crippen LogP contribution in [-0.4, -0.2) is 111 Å². The second-order valence-corrected chi connectivity index (χ2v) is 17.4. The van der Waals surface area contributed by atoms with E-state index in [9.17, 15) is 14.0 Å². The topological polar surface area (TPSA) is 135 Å². The maximum absolute atomic E-state index is 17.0. The third-order valence-corrected chi connectivity index (χ3v) is 11.0. The lowest BCUT2D eigenvalue weighted by Crippen LogP contribution is -2.43. The first-order chi connectivity index (χ1) is 25.8. The Hall–Kier alpha value is -4.58. The van der Waals surface area contributed by atoms with E-state index in [1.54, 1.807) is 58.4 Å². The van der Waals surface area contributed by atoms with Crippen molar-refractivity contribution in [3.05, 3.63) is 29.7 Å². The van der Waals surface area contributed by atoms with Crippen LogP contribution in [0.1, 0.15) is 67.2 Å². The van der Waals surface area contributed by atoms with Gasteiger partial charge in [-0.25, -0.2) is 32.1 Å². The van der Waals surface area contributed by atoms with E-state index in [0.29, 0.717) is 32.1 Å². The van der Waals surface area contributed by atoms with Crippen molar-refractivity contribution >= 4 is 55.6 Å². The van der Waals surface area contributed by atoms with Gasteiger partial charge in [0.25, 0.3) is 0 Å². The van der Waals surface area contributed by atoms with Crippen molar-refractivity contribution in [1.29, 1.82) is 0 Å². The molecular formula is C37H44F4N8O5S. The number of thiazole rings is 1. The van der Waals surface area contributed by atoms with Gasteiger partial charge in [-0.05, 0) is 67.3 Å². The van der Waals surface area contributed by atoms with Gasteiger partial charge in [0.15, 0.2) is 10.9 Å². The number of benzene rings is 1. The number of nitrogens with zero attached hydrogens (tertiary/aromatic N) is 7. The standard InChI is InChI=1S/C37H44F4N8O5S/c1-35(2,3)53-33(50)46-32-44-28-24(22(39)13-23(40)29(28)55-32)27-25(41)26-21(15-42-27)30(47(7)20-9-12-48(17-20)34(51)54-36(4,5)6)45-31(43-26)52-18-37-10-8-11-49(37)16-19(38)14-37/h13,15,19-20H,8-12,14,16-18H2,1-7H3,(H,44,46,50)/t19?,20-,37+/m1/s1. The minimum absolute atomic E-state index is 0.0664. The smallest absolute Gasteiger partial charge is 0.413 e. The molecule has 3 atom stereocenters. The third kappa shape index (κ3) is 7.79. The minimum atomic E-state index is -1.14. The Kier molecular flexibility index (Phi) is 9.97. The summed E-state index contributed by atoms with van der Waals surface area (Å²) < 4.78 is 79.3. The number of ether oxygens (including phenoxy) is 3. The summed E-state index contributed by atoms with van der Waals surface area (Å²) >= 11 is 0.724. The summed E-state index contributed by atoms with van der Waals surface area (Å²) in [6, 6.07) is 0.153. The molecule has 3 saturated heterocycles. The Labute approximate surface area is 319 Å². The number of rotatable bonds is 7. The zero-order chi connectivity index (χ0) is 39.6. The molecule has 13 nitrogen and oxygen atoms in total. The first-order valence-electron chi connectivity index (χ1n) is 18.2. The molecule has 3 aliphatic heterocycles. The van der Waals surface area contributed by atoms with Gasteiger partial charge in [-0.3, -0.25) is 15.2 Å². The second kappa shape index (κ2) is 14.2. The van der Waals surface area contributed by atoms with Gasteiger partial charge in [0, 0.05) is 51.4 Å². The number of halogens is 4. The summed E-state index contributed by atoms with van der Waals surface area (Å²) in [5, 5.41) is 2.50. The van der Waals surface area contributed by atoms with Crippen molar-refractivity contribution in [2.75, 3.05) is 50.1 Å². The molecule has 0 saturated carbocycles. The number of carbonyl (C=O) groups is 2. The molecular weight excluding hydrogens is 745 g/mol. The van der Waals surface area contributed by atoms with E-state index < -0.39 is 63.8 Å². The van der Waals surface area contributed by atoms with Gasteiger partial charge >= 0.3 is 18.2 Å². The molecule has 2 amide bonds. The fourth-order valence-electron chi connectivity index (χ4n) is 7.58. The average molecular weight is 789 g/mol. The average Bonchev–Trinajstić information content (AvgIpc) is 3.86. The molecule has 3 aromatic heterocycles. The predicted molar refractivity (Wildman–Crippen MR) is 199 cm³/mol. The molecule has 3 aliphatic rings. The maximum atomic E-state index is 17.0. The van der Waals surface area contributed by atoms with Crippen LogP contribution in [0.4, 0.5) is 38.1 Å². The fourth-order valence-corrected chi connectivity index (χ4v) is 8.45. The SMILES string of the molecule is CN(c1nc(OC[C@@]23CCCN2CC(F)C3)nc2c(F)c(-c3c(F)cc(F)c4sc(NC(=O)OC(C)(C)C)nc34)ncc12)[C@@H]1CCN(C(=O)OC(C)(C)C)C1. The van der Waals surface area contributed by atoms with Gasteiger partial charge in [0.2, 0.25) is 0 Å². The van der Waals surface area contributed by atoms with E-state index in [0.717, 1.165) is 30.7 Å². The number of carbonyl (C=O) groups excluding carboxylic acids is 2. The van der Waals surface area contributed by atoms with Crippen LogP contribution >= 0.6 is 11.3 Å². The molecule has 55 heavy (non-hydrogen) atoms. The third-order valence-electron chi connectivity index (χ3n) is 9.99. The fraction of sp³-hybridized carbons (Fsp3) is 0.568. The van der Waals surface area contributed by atoms with Gasteiger partial charge in [0.05, 0.1) is 26.7 Å². The molecule has 7 rings (SSSR count). The van der Waals surface area contributed by atoms with Crippen LogP contribution in [-0.2, 0) is 9.47 Å². The zero-order valence-corrected chi connectivity index (χ0v) is 32.6. The molecule has 0 radical (unpaired) electrons. The zero-order valence-electron chi connectivity index (χ0n) is 31.8. The Morgan fingerprint density at radius 1 is 1.02 bits per heavy atom. The van der Waals surface area contributed by atoms with Gasteiger partial charge in [-0.15, -0.1) is 0 Å². The van der Waals surface area contributed by atoms with Crippen molar-refractivity contribution in [3.8, 4) is 17.3 Å². The van der Waals surface area contributed by atoms with Crippen LogP contribution < -0.4 is 15.0 Å². The summed E-state index contributed by atoms with van der Waals surface area (Å²) in [4.78, 5) is 48.5. The van der Waals surface area contributed by atoms with Crippen molar-refractivity contribution in [2.45, 2.75) is 96.2 Å². The van der Waals surface area contributed by atoms with Crippen LogP contribution in [0.15, 0.2) is 12.3 Å². The molecule has 6 heterocycles. The number of amides is 2. The number of hydrogen-bond donors (Lipinski definition) is 1.